The van der Waals surface area contributed by atoms with Crippen LogP contribution in [0.15, 0.2) is 52.1 Å². The first-order valence-electron chi connectivity index (χ1n) is 9.18. The molecule has 8 heteroatoms. The van der Waals surface area contributed by atoms with E-state index in [9.17, 15) is 9.90 Å². The molecule has 0 fully saturated rings. The van der Waals surface area contributed by atoms with Gasteiger partial charge in [-0.05, 0) is 44.0 Å². The van der Waals surface area contributed by atoms with E-state index in [1.807, 2.05) is 31.2 Å². The fourth-order valence-corrected chi connectivity index (χ4v) is 3.10. The lowest BCUT2D eigenvalue weighted by Gasteiger charge is -2.23. The summed E-state index contributed by atoms with van der Waals surface area (Å²) in [6.07, 6.45) is 2.39. The van der Waals surface area contributed by atoms with Gasteiger partial charge in [0.25, 0.3) is 0 Å². The van der Waals surface area contributed by atoms with E-state index in [0.29, 0.717) is 24.8 Å². The van der Waals surface area contributed by atoms with E-state index in [1.54, 1.807) is 24.0 Å². The largest absolute Gasteiger partial charge is 0.466 e. The van der Waals surface area contributed by atoms with Crippen LogP contribution in [0.1, 0.15) is 25.2 Å². The second-order valence-corrected chi connectivity index (χ2v) is 6.72. The third-order valence-corrected chi connectivity index (χ3v) is 4.56. The number of fused-ring (bicyclic) bond motifs is 1. The first-order valence-corrected chi connectivity index (χ1v) is 9.18. The number of rotatable bonds is 6. The zero-order valence-corrected chi connectivity index (χ0v) is 18.5. The van der Waals surface area contributed by atoms with Crippen molar-refractivity contribution in [2.75, 3.05) is 31.1 Å². The summed E-state index contributed by atoms with van der Waals surface area (Å²) in [7, 11) is 0. The molecule has 0 radical (unpaired) electrons. The van der Waals surface area contributed by atoms with Gasteiger partial charge in [-0.1, -0.05) is 18.2 Å². The Morgan fingerprint density at radius 1 is 1.29 bits per heavy atom. The molecule has 0 saturated carbocycles. The van der Waals surface area contributed by atoms with Crippen molar-refractivity contribution in [3.05, 3.63) is 54.0 Å². The monoisotopic (exact) mass is 498 g/mol. The number of halogens is 1. The fourth-order valence-electron chi connectivity index (χ4n) is 3.10. The molecule has 2 heterocycles. The second kappa shape index (κ2) is 9.92. The predicted octanol–water partition coefficient (Wildman–Crippen LogP) is 2.25. The van der Waals surface area contributed by atoms with Crippen LogP contribution >= 0.6 is 24.0 Å². The van der Waals surface area contributed by atoms with Crippen molar-refractivity contribution in [3.63, 3.8) is 0 Å². The maximum absolute atomic E-state index is 12.6. The lowest BCUT2D eigenvalue weighted by atomic mass is 10.0. The summed E-state index contributed by atoms with van der Waals surface area (Å²) in [4.78, 5) is 18.8. The van der Waals surface area contributed by atoms with Gasteiger partial charge in [0.05, 0.1) is 12.8 Å². The summed E-state index contributed by atoms with van der Waals surface area (Å²) in [5.41, 5.74) is 0.975. The number of amides is 1. The van der Waals surface area contributed by atoms with Gasteiger partial charge in [0.15, 0.2) is 5.96 Å². The Labute approximate surface area is 182 Å². The predicted molar refractivity (Wildman–Crippen MR) is 120 cm³/mol. The molecule has 28 heavy (non-hydrogen) atoms. The first-order chi connectivity index (χ1) is 13.0. The summed E-state index contributed by atoms with van der Waals surface area (Å²) < 4.78 is 5.28. The highest BCUT2D eigenvalue weighted by Crippen LogP contribution is 2.27. The Morgan fingerprint density at radius 2 is 2.07 bits per heavy atom. The van der Waals surface area contributed by atoms with Crippen LogP contribution in [0.4, 0.5) is 5.69 Å². The number of anilines is 1. The minimum Gasteiger partial charge on any atom is -0.466 e. The lowest BCUT2D eigenvalue weighted by molar-refractivity contribution is -0.117. The molecule has 1 amide bonds. The van der Waals surface area contributed by atoms with Crippen molar-refractivity contribution < 1.29 is 14.3 Å². The van der Waals surface area contributed by atoms with E-state index in [0.717, 1.165) is 12.1 Å². The molecule has 0 bridgehead atoms. The normalized spacial score (nSPS) is 15.4. The lowest BCUT2D eigenvalue weighted by Crippen LogP contribution is -2.45. The molecule has 1 aromatic heterocycles. The highest BCUT2D eigenvalue weighted by Gasteiger charge is 2.27. The molecule has 1 atom stereocenters. The van der Waals surface area contributed by atoms with Crippen molar-refractivity contribution in [3.8, 4) is 0 Å². The van der Waals surface area contributed by atoms with Gasteiger partial charge in [0.1, 0.15) is 17.9 Å². The molecule has 1 aliphatic rings. The summed E-state index contributed by atoms with van der Waals surface area (Å²) >= 11 is 0. The van der Waals surface area contributed by atoms with Crippen LogP contribution in [0.2, 0.25) is 0 Å². The maximum Gasteiger partial charge on any atom is 0.248 e. The van der Waals surface area contributed by atoms with Crippen molar-refractivity contribution >= 4 is 41.5 Å². The molecule has 1 aromatic carbocycles. The van der Waals surface area contributed by atoms with Gasteiger partial charge in [0.2, 0.25) is 5.91 Å². The van der Waals surface area contributed by atoms with Gasteiger partial charge in [-0.25, -0.2) is 4.99 Å². The molecular formula is C20H27IN4O3. The molecule has 0 spiro atoms. The van der Waals surface area contributed by atoms with Gasteiger partial charge >= 0.3 is 0 Å². The van der Waals surface area contributed by atoms with E-state index in [4.69, 9.17) is 4.42 Å². The molecule has 0 saturated heterocycles. The number of hydrogen-bond acceptors (Lipinski definition) is 4. The first kappa shape index (κ1) is 22.2. The standard InChI is InChI=1S/C20H26N4O3.HI/c1-3-21-19(23-14-20(2,26)17-9-6-12-27-17)22-13-18(25)24-11-10-15-7-4-5-8-16(15)24;/h4-9,12,26H,3,10-11,13-14H2,1-2H3,(H2,21,22,23);1H. The van der Waals surface area contributed by atoms with Crippen molar-refractivity contribution in [2.45, 2.75) is 25.9 Å². The zero-order chi connectivity index (χ0) is 19.3. The molecule has 7 nitrogen and oxygen atoms in total. The number of nitrogens with one attached hydrogen (secondary N) is 2. The van der Waals surface area contributed by atoms with Crippen LogP contribution in [-0.2, 0) is 16.8 Å². The summed E-state index contributed by atoms with van der Waals surface area (Å²) in [5.74, 6) is 0.899. The molecular weight excluding hydrogens is 471 g/mol. The quantitative estimate of drug-likeness (QED) is 0.323. The van der Waals surface area contributed by atoms with E-state index < -0.39 is 5.60 Å². The number of carbonyl (C=O) groups is 1. The number of aliphatic imine (C=N–C) groups is 1. The van der Waals surface area contributed by atoms with Crippen LogP contribution in [-0.4, -0.2) is 43.2 Å². The molecule has 3 N–H and O–H groups in total. The zero-order valence-electron chi connectivity index (χ0n) is 16.1. The Bertz CT molecular complexity index is 806. The number of hydrogen-bond donors (Lipinski definition) is 3. The van der Waals surface area contributed by atoms with E-state index in [2.05, 4.69) is 15.6 Å². The van der Waals surface area contributed by atoms with Gasteiger partial charge in [-0.3, -0.25) is 4.79 Å². The van der Waals surface area contributed by atoms with Gasteiger partial charge in [0, 0.05) is 18.8 Å². The summed E-state index contributed by atoms with van der Waals surface area (Å²) in [6, 6.07) is 11.4. The van der Waals surface area contributed by atoms with Crippen LogP contribution in [0, 0.1) is 0 Å². The van der Waals surface area contributed by atoms with E-state index >= 15 is 0 Å². The molecule has 1 aliphatic heterocycles. The third kappa shape index (κ3) is 5.26. The number of guanidine groups is 1. The Hall–Kier alpha value is -2.07. The minimum atomic E-state index is -1.18. The second-order valence-electron chi connectivity index (χ2n) is 6.72. The van der Waals surface area contributed by atoms with E-state index in [-0.39, 0.29) is 43.0 Å². The smallest absolute Gasteiger partial charge is 0.248 e. The van der Waals surface area contributed by atoms with Crippen LogP contribution in [0.3, 0.4) is 0 Å². The SMILES string of the molecule is CCNC(=NCC(=O)N1CCc2ccccc21)NCC(C)(O)c1ccco1.I. The summed E-state index contributed by atoms with van der Waals surface area (Å²) in [5, 5.41) is 16.7. The van der Waals surface area contributed by atoms with Crippen molar-refractivity contribution in [1.29, 1.82) is 0 Å². The molecule has 2 aromatic rings. The highest BCUT2D eigenvalue weighted by molar-refractivity contribution is 14.0. The molecule has 3 rings (SSSR count). The Balaban J connectivity index is 0.00000280. The van der Waals surface area contributed by atoms with Crippen molar-refractivity contribution in [1.82, 2.24) is 10.6 Å². The van der Waals surface area contributed by atoms with Crippen molar-refractivity contribution in [2.24, 2.45) is 4.99 Å². The number of para-hydroxylation sites is 1. The van der Waals surface area contributed by atoms with Gasteiger partial charge < -0.3 is 25.1 Å². The van der Waals surface area contributed by atoms with Crippen LogP contribution in [0.5, 0.6) is 0 Å². The number of nitrogens with zero attached hydrogens (tertiary/aromatic N) is 2. The Morgan fingerprint density at radius 3 is 2.79 bits per heavy atom. The third-order valence-electron chi connectivity index (χ3n) is 4.56. The topological polar surface area (TPSA) is 90.1 Å². The van der Waals surface area contributed by atoms with Crippen LogP contribution in [0.25, 0.3) is 0 Å². The Kier molecular flexibility index (Phi) is 7.88. The van der Waals surface area contributed by atoms with Gasteiger partial charge in [-0.2, -0.15) is 0 Å². The maximum atomic E-state index is 12.6. The number of carbonyl (C=O) groups excluding carboxylic acids is 1. The average Bonchev–Trinajstić information content (AvgIpc) is 3.34. The van der Waals surface area contributed by atoms with Gasteiger partial charge in [-0.15, -0.1) is 24.0 Å². The van der Waals surface area contributed by atoms with E-state index in [1.165, 1.54) is 11.8 Å². The molecule has 0 aliphatic carbocycles. The fraction of sp³-hybridized carbons (Fsp3) is 0.400. The number of benzene rings is 1. The summed E-state index contributed by atoms with van der Waals surface area (Å²) in [6.45, 7) is 5.18. The highest BCUT2D eigenvalue weighted by atomic mass is 127. The number of furan rings is 1. The molecule has 152 valence electrons. The minimum absolute atomic E-state index is 0. The van der Waals surface area contributed by atoms with Crippen LogP contribution < -0.4 is 15.5 Å². The molecule has 1 unspecified atom stereocenters. The average molecular weight is 498 g/mol. The number of aliphatic hydroxyl groups is 1.